The van der Waals surface area contributed by atoms with E-state index in [4.69, 9.17) is 4.74 Å². The Morgan fingerprint density at radius 2 is 1.82 bits per heavy atom. The van der Waals surface area contributed by atoms with Gasteiger partial charge in [-0.2, -0.15) is 0 Å². The van der Waals surface area contributed by atoms with Crippen LogP contribution in [0.1, 0.15) is 26.3 Å². The van der Waals surface area contributed by atoms with Crippen molar-refractivity contribution in [3.8, 4) is 11.8 Å². The number of hydrogen-bond acceptors (Lipinski definition) is 2. The highest BCUT2D eigenvalue weighted by Gasteiger charge is 2.00. The summed E-state index contributed by atoms with van der Waals surface area (Å²) in [6, 6.07) is 9.80. The molecule has 0 saturated carbocycles. The zero-order valence-corrected chi connectivity index (χ0v) is 10.4. The number of benzene rings is 1. The van der Waals surface area contributed by atoms with Crippen LogP contribution in [0.5, 0.6) is 0 Å². The van der Waals surface area contributed by atoms with Gasteiger partial charge in [-0.3, -0.25) is 0 Å². The Labute approximate surface area is 102 Å². The smallest absolute Gasteiger partial charge is 0.384 e. The molecular weight excluding hydrogens is 212 g/mol. The van der Waals surface area contributed by atoms with Gasteiger partial charge in [0.1, 0.15) is 0 Å². The van der Waals surface area contributed by atoms with Crippen LogP contribution < -0.4 is 0 Å². The van der Waals surface area contributed by atoms with Crippen molar-refractivity contribution >= 4 is 11.5 Å². The largest absolute Gasteiger partial charge is 0.456 e. The van der Waals surface area contributed by atoms with Crippen LogP contribution in [0.3, 0.4) is 0 Å². The number of carbonyl (C=O) groups is 1. The molecule has 0 N–H and O–H groups in total. The van der Waals surface area contributed by atoms with E-state index in [1.54, 1.807) is 6.92 Å². The van der Waals surface area contributed by atoms with Gasteiger partial charge in [-0.25, -0.2) is 4.79 Å². The van der Waals surface area contributed by atoms with Crippen LogP contribution in [-0.2, 0) is 9.53 Å². The lowest BCUT2D eigenvalue weighted by Crippen LogP contribution is -1.99. The molecule has 1 aromatic rings. The Bertz CT molecular complexity index is 469. The summed E-state index contributed by atoms with van der Waals surface area (Å²) in [7, 11) is 0. The van der Waals surface area contributed by atoms with E-state index in [1.165, 1.54) is 0 Å². The highest BCUT2D eigenvalue weighted by atomic mass is 16.5. The minimum Gasteiger partial charge on any atom is -0.456 e. The molecule has 88 valence electrons. The standard InChI is InChI=1S/C15H16O2/c1-4-17-15(16)11-10-14(12(2)3)13-8-6-5-7-9-13/h5-9H,4H2,1-3H3. The van der Waals surface area contributed by atoms with Crippen LogP contribution in [-0.4, -0.2) is 12.6 Å². The average Bonchev–Trinajstić information content (AvgIpc) is 2.30. The number of allylic oxidation sites excluding steroid dienone is 2. The molecule has 1 aromatic carbocycles. The third kappa shape index (κ3) is 4.16. The van der Waals surface area contributed by atoms with E-state index in [-0.39, 0.29) is 0 Å². The molecule has 2 nitrogen and oxygen atoms in total. The molecule has 0 aliphatic carbocycles. The Kier molecular flexibility index (Phi) is 5.03. The van der Waals surface area contributed by atoms with E-state index in [9.17, 15) is 4.79 Å². The molecule has 0 spiro atoms. The molecule has 17 heavy (non-hydrogen) atoms. The SMILES string of the molecule is CCOC(=O)C#CC(=C(C)C)c1ccccc1. The predicted molar refractivity (Wildman–Crippen MR) is 69.1 cm³/mol. The maximum absolute atomic E-state index is 11.2. The molecule has 0 aromatic heterocycles. The van der Waals surface area contributed by atoms with Crippen molar-refractivity contribution in [2.45, 2.75) is 20.8 Å². The second-order valence-electron chi connectivity index (χ2n) is 3.71. The molecule has 0 radical (unpaired) electrons. The zero-order chi connectivity index (χ0) is 12.7. The lowest BCUT2D eigenvalue weighted by Gasteiger charge is -2.02. The summed E-state index contributed by atoms with van der Waals surface area (Å²) in [5, 5.41) is 0. The highest BCUT2D eigenvalue weighted by Crippen LogP contribution is 2.17. The minimum atomic E-state index is -0.484. The van der Waals surface area contributed by atoms with Crippen LogP contribution in [0.25, 0.3) is 5.57 Å². The first kappa shape index (κ1) is 13.1. The quantitative estimate of drug-likeness (QED) is 0.442. The second kappa shape index (κ2) is 6.55. The topological polar surface area (TPSA) is 26.3 Å². The summed E-state index contributed by atoms with van der Waals surface area (Å²) in [5.41, 5.74) is 2.97. The first-order valence-electron chi connectivity index (χ1n) is 5.56. The van der Waals surface area contributed by atoms with Crippen LogP contribution in [0.2, 0.25) is 0 Å². The molecule has 0 aliphatic rings. The van der Waals surface area contributed by atoms with Crippen molar-refractivity contribution in [1.82, 2.24) is 0 Å². The molecule has 0 bridgehead atoms. The molecule has 0 amide bonds. The number of hydrogen-bond donors (Lipinski definition) is 0. The Morgan fingerprint density at radius 1 is 1.18 bits per heavy atom. The van der Waals surface area contributed by atoms with E-state index in [2.05, 4.69) is 11.8 Å². The molecule has 2 heteroatoms. The third-order valence-corrected chi connectivity index (χ3v) is 2.13. The van der Waals surface area contributed by atoms with E-state index in [0.717, 1.165) is 16.7 Å². The van der Waals surface area contributed by atoms with Crippen LogP contribution in [0.4, 0.5) is 0 Å². The maximum atomic E-state index is 11.2. The van der Waals surface area contributed by atoms with Gasteiger partial charge in [0.15, 0.2) is 0 Å². The fourth-order valence-electron chi connectivity index (χ4n) is 1.37. The van der Waals surface area contributed by atoms with Gasteiger partial charge in [0.05, 0.1) is 6.61 Å². The van der Waals surface area contributed by atoms with E-state index >= 15 is 0 Å². The molecule has 0 unspecified atom stereocenters. The molecule has 0 heterocycles. The average molecular weight is 228 g/mol. The van der Waals surface area contributed by atoms with Gasteiger partial charge >= 0.3 is 5.97 Å². The Hall–Kier alpha value is -2.01. The van der Waals surface area contributed by atoms with E-state index in [1.807, 2.05) is 44.2 Å². The zero-order valence-electron chi connectivity index (χ0n) is 10.4. The van der Waals surface area contributed by atoms with Crippen molar-refractivity contribution in [2.24, 2.45) is 0 Å². The molecule has 0 fully saturated rings. The van der Waals surface area contributed by atoms with Crippen LogP contribution in [0, 0.1) is 11.8 Å². The minimum absolute atomic E-state index is 0.350. The lowest BCUT2D eigenvalue weighted by atomic mass is 10.0. The first-order valence-corrected chi connectivity index (χ1v) is 5.56. The molecule has 0 saturated heterocycles. The molecule has 1 rings (SSSR count). The summed E-state index contributed by atoms with van der Waals surface area (Å²) in [4.78, 5) is 11.2. The fourth-order valence-corrected chi connectivity index (χ4v) is 1.37. The summed E-state index contributed by atoms with van der Waals surface area (Å²) in [5.74, 6) is 4.89. The second-order valence-corrected chi connectivity index (χ2v) is 3.71. The van der Waals surface area contributed by atoms with E-state index in [0.29, 0.717) is 6.61 Å². The highest BCUT2D eigenvalue weighted by molar-refractivity contribution is 5.93. The monoisotopic (exact) mass is 228 g/mol. The Balaban J connectivity index is 2.99. The maximum Gasteiger partial charge on any atom is 0.384 e. The summed E-state index contributed by atoms with van der Waals surface area (Å²) in [6.45, 7) is 6.06. The van der Waals surface area contributed by atoms with Crippen molar-refractivity contribution < 1.29 is 9.53 Å². The lowest BCUT2D eigenvalue weighted by molar-refractivity contribution is -0.136. The third-order valence-electron chi connectivity index (χ3n) is 2.13. The van der Waals surface area contributed by atoms with Gasteiger partial charge in [-0.15, -0.1) is 0 Å². The normalized spacial score (nSPS) is 8.88. The molecule has 0 atom stereocenters. The van der Waals surface area contributed by atoms with Gasteiger partial charge in [0.25, 0.3) is 0 Å². The van der Waals surface area contributed by atoms with Crippen molar-refractivity contribution in [3.63, 3.8) is 0 Å². The van der Waals surface area contributed by atoms with Gasteiger partial charge in [-0.1, -0.05) is 41.8 Å². The number of rotatable bonds is 2. The first-order chi connectivity index (χ1) is 8.15. The van der Waals surface area contributed by atoms with Gasteiger partial charge in [0, 0.05) is 11.5 Å². The van der Waals surface area contributed by atoms with Crippen molar-refractivity contribution in [1.29, 1.82) is 0 Å². The van der Waals surface area contributed by atoms with Crippen molar-refractivity contribution in [2.75, 3.05) is 6.61 Å². The summed E-state index contributed by atoms with van der Waals surface area (Å²) >= 11 is 0. The van der Waals surface area contributed by atoms with Gasteiger partial charge in [0.2, 0.25) is 0 Å². The number of esters is 1. The predicted octanol–water partition coefficient (Wildman–Crippen LogP) is 3.05. The molecular formula is C15H16O2. The van der Waals surface area contributed by atoms with Crippen LogP contribution in [0.15, 0.2) is 35.9 Å². The number of carbonyl (C=O) groups excluding carboxylic acids is 1. The van der Waals surface area contributed by atoms with Crippen molar-refractivity contribution in [3.05, 3.63) is 41.5 Å². The van der Waals surface area contributed by atoms with Gasteiger partial charge in [-0.05, 0) is 26.3 Å². The van der Waals surface area contributed by atoms with Crippen LogP contribution >= 0.6 is 0 Å². The van der Waals surface area contributed by atoms with E-state index < -0.39 is 5.97 Å². The number of ether oxygens (including phenoxy) is 1. The molecule has 0 aliphatic heterocycles. The summed E-state index contributed by atoms with van der Waals surface area (Å²) < 4.78 is 4.77. The fraction of sp³-hybridized carbons (Fsp3) is 0.267. The Morgan fingerprint density at radius 3 is 2.35 bits per heavy atom. The summed E-state index contributed by atoms with van der Waals surface area (Å²) in [6.07, 6.45) is 0. The van der Waals surface area contributed by atoms with Gasteiger partial charge < -0.3 is 4.74 Å².